The Kier molecular flexibility index (Phi) is 7.74. The van der Waals surface area contributed by atoms with Crippen molar-refractivity contribution in [2.75, 3.05) is 0 Å². The topological polar surface area (TPSA) is 98.2 Å². The van der Waals surface area contributed by atoms with E-state index in [1.165, 1.54) is 0 Å². The third kappa shape index (κ3) is 52.9. The van der Waals surface area contributed by atoms with Crippen molar-refractivity contribution in [3.05, 3.63) is 0 Å². The van der Waals surface area contributed by atoms with Crippen molar-refractivity contribution in [2.24, 2.45) is 17.4 Å². The first kappa shape index (κ1) is 12.4. The van der Waals surface area contributed by atoms with Gasteiger partial charge in [-0.2, -0.15) is 0 Å². The normalized spacial score (nSPS) is 8.00. The molecule has 11 heavy (non-hydrogen) atoms. The molecule has 66 valence electrons. The highest BCUT2D eigenvalue weighted by Gasteiger charge is 1.92. The molecule has 5 heteroatoms. The third-order valence-corrected chi connectivity index (χ3v) is 0.246. The van der Waals surface area contributed by atoms with Crippen LogP contribution in [0, 0.1) is 5.92 Å². The Hall–Kier alpha value is -1.26. The number of carbonyl (C=O) groups excluding carboxylic acids is 2. The van der Waals surface area contributed by atoms with Gasteiger partial charge >= 0.3 is 12.1 Å². The molecule has 0 aromatic heterocycles. The van der Waals surface area contributed by atoms with Crippen LogP contribution in [0.4, 0.5) is 9.59 Å². The van der Waals surface area contributed by atoms with Crippen molar-refractivity contribution < 1.29 is 9.59 Å². The molecule has 0 saturated heterocycles. The molecule has 0 aromatic rings. The van der Waals surface area contributed by atoms with Gasteiger partial charge in [-0.1, -0.05) is 20.8 Å². The van der Waals surface area contributed by atoms with Crippen LogP contribution in [0.5, 0.6) is 0 Å². The third-order valence-electron chi connectivity index (χ3n) is 0.246. The molecule has 5 N–H and O–H groups in total. The second kappa shape index (κ2) is 6.85. The van der Waals surface area contributed by atoms with Crippen LogP contribution in [-0.2, 0) is 0 Å². The largest absolute Gasteiger partial charge is 0.351 e. The van der Waals surface area contributed by atoms with Gasteiger partial charge in [0.05, 0.1) is 0 Å². The Bertz CT molecular complexity index is 119. The van der Waals surface area contributed by atoms with Crippen LogP contribution in [0.25, 0.3) is 0 Å². The molecule has 0 aliphatic heterocycles. The average molecular weight is 161 g/mol. The van der Waals surface area contributed by atoms with Gasteiger partial charge in [0.25, 0.3) is 0 Å². The molecular weight excluding hydrogens is 146 g/mol. The van der Waals surface area contributed by atoms with E-state index in [4.69, 9.17) is 0 Å². The lowest BCUT2D eigenvalue weighted by Crippen LogP contribution is -2.38. The summed E-state index contributed by atoms with van der Waals surface area (Å²) in [5, 5.41) is 1.58. The van der Waals surface area contributed by atoms with Crippen LogP contribution in [0.3, 0.4) is 0 Å². The van der Waals surface area contributed by atoms with Gasteiger partial charge in [0.2, 0.25) is 0 Å². The van der Waals surface area contributed by atoms with E-state index in [0.29, 0.717) is 0 Å². The monoisotopic (exact) mass is 161 g/mol. The summed E-state index contributed by atoms with van der Waals surface area (Å²) in [6, 6.07) is -1.88. The first-order chi connectivity index (χ1) is 4.86. The Morgan fingerprint density at radius 1 is 1.09 bits per heavy atom. The van der Waals surface area contributed by atoms with E-state index in [0.717, 1.165) is 5.92 Å². The molecule has 0 saturated carbocycles. The Morgan fingerprint density at radius 2 is 1.27 bits per heavy atom. The van der Waals surface area contributed by atoms with Crippen LogP contribution < -0.4 is 16.8 Å². The molecule has 0 aliphatic carbocycles. The lowest BCUT2D eigenvalue weighted by atomic mass is 10.3. The standard InChI is InChI=1S/C4H10.C2H5N3O2/c1-4(2)3;3-1(6)5-2(4)7/h4H,1-3H3;(H5,3,4,5,6,7). The van der Waals surface area contributed by atoms with Crippen LogP contribution in [-0.4, -0.2) is 12.1 Å². The second-order valence-corrected chi connectivity index (χ2v) is 2.59. The average Bonchev–Trinajstić information content (AvgIpc) is 1.56. The van der Waals surface area contributed by atoms with E-state index >= 15 is 0 Å². The fourth-order valence-electron chi connectivity index (χ4n) is 0.121. The fraction of sp³-hybridized carbons (Fsp3) is 0.667. The highest BCUT2D eigenvalue weighted by atomic mass is 16.2. The summed E-state index contributed by atoms with van der Waals surface area (Å²) < 4.78 is 0. The maximum absolute atomic E-state index is 9.62. The first-order valence-electron chi connectivity index (χ1n) is 3.22. The summed E-state index contributed by atoms with van der Waals surface area (Å²) in [7, 11) is 0. The van der Waals surface area contributed by atoms with E-state index in [1.54, 1.807) is 5.32 Å². The molecule has 0 unspecified atom stereocenters. The zero-order valence-corrected chi connectivity index (χ0v) is 7.05. The lowest BCUT2D eigenvalue weighted by Gasteiger charge is -1.88. The van der Waals surface area contributed by atoms with Gasteiger partial charge in [-0.15, -0.1) is 0 Å². The Morgan fingerprint density at radius 3 is 1.27 bits per heavy atom. The molecular formula is C6H15N3O2. The smallest absolute Gasteiger partial charge is 0.320 e. The van der Waals surface area contributed by atoms with Crippen molar-refractivity contribution in [1.82, 2.24) is 5.32 Å². The van der Waals surface area contributed by atoms with Gasteiger partial charge in [0.1, 0.15) is 0 Å². The number of nitrogens with one attached hydrogen (secondary N) is 1. The zero-order valence-electron chi connectivity index (χ0n) is 7.05. The zero-order chi connectivity index (χ0) is 9.44. The van der Waals surface area contributed by atoms with Gasteiger partial charge in [-0.25, -0.2) is 9.59 Å². The van der Waals surface area contributed by atoms with E-state index in [9.17, 15) is 9.59 Å². The summed E-state index contributed by atoms with van der Waals surface area (Å²) in [6.45, 7) is 6.50. The van der Waals surface area contributed by atoms with Crippen LogP contribution in [0.1, 0.15) is 20.8 Å². The van der Waals surface area contributed by atoms with E-state index in [1.807, 2.05) is 0 Å². The number of primary amides is 2. The van der Waals surface area contributed by atoms with Gasteiger partial charge in [-0.3, -0.25) is 5.32 Å². The first-order valence-corrected chi connectivity index (χ1v) is 3.22. The van der Waals surface area contributed by atoms with Crippen LogP contribution in [0.15, 0.2) is 0 Å². The molecule has 0 aliphatic rings. The van der Waals surface area contributed by atoms with Gasteiger partial charge in [-0.05, 0) is 5.92 Å². The summed E-state index contributed by atoms with van der Waals surface area (Å²) in [5.41, 5.74) is 8.88. The van der Waals surface area contributed by atoms with E-state index < -0.39 is 12.1 Å². The predicted octanol–water partition coefficient (Wildman–Crippen LogP) is 0.396. The van der Waals surface area contributed by atoms with Gasteiger partial charge in [0.15, 0.2) is 0 Å². The maximum atomic E-state index is 9.62. The molecule has 0 radical (unpaired) electrons. The van der Waals surface area contributed by atoms with E-state index in [2.05, 4.69) is 32.2 Å². The molecule has 5 nitrogen and oxygen atoms in total. The Balaban J connectivity index is 0. The van der Waals surface area contributed by atoms with E-state index in [-0.39, 0.29) is 0 Å². The molecule has 0 rings (SSSR count). The van der Waals surface area contributed by atoms with Crippen molar-refractivity contribution >= 4 is 12.1 Å². The minimum absolute atomic E-state index is 0.833. The molecule has 0 atom stereocenters. The number of carbonyl (C=O) groups is 2. The van der Waals surface area contributed by atoms with Crippen molar-refractivity contribution in [1.29, 1.82) is 0 Å². The number of nitrogens with two attached hydrogens (primary N) is 2. The van der Waals surface area contributed by atoms with Gasteiger partial charge in [0, 0.05) is 0 Å². The quantitative estimate of drug-likeness (QED) is 0.479. The summed E-state index contributed by atoms with van der Waals surface area (Å²) in [5.74, 6) is 0.833. The molecule has 0 heterocycles. The maximum Gasteiger partial charge on any atom is 0.320 e. The van der Waals surface area contributed by atoms with Crippen LogP contribution >= 0.6 is 0 Å². The minimum Gasteiger partial charge on any atom is -0.351 e. The SMILES string of the molecule is CC(C)C.NC(=O)NC(N)=O. The minimum atomic E-state index is -0.938. The number of urea groups is 2. The molecule has 0 fully saturated rings. The molecule has 0 aromatic carbocycles. The van der Waals surface area contributed by atoms with Crippen molar-refractivity contribution in [3.63, 3.8) is 0 Å². The number of hydrogen-bond acceptors (Lipinski definition) is 2. The highest BCUT2D eigenvalue weighted by molar-refractivity contribution is 5.91. The number of amides is 4. The van der Waals surface area contributed by atoms with Crippen molar-refractivity contribution in [3.8, 4) is 0 Å². The Labute approximate surface area is 66.1 Å². The predicted molar refractivity (Wildman–Crippen MR) is 42.8 cm³/mol. The van der Waals surface area contributed by atoms with Crippen LogP contribution in [0.2, 0.25) is 0 Å². The van der Waals surface area contributed by atoms with Gasteiger partial charge < -0.3 is 11.5 Å². The number of imide groups is 1. The molecule has 0 bridgehead atoms. The molecule has 0 spiro atoms. The summed E-state index contributed by atoms with van der Waals surface area (Å²) >= 11 is 0. The summed E-state index contributed by atoms with van der Waals surface area (Å²) in [6.07, 6.45) is 0. The lowest BCUT2D eigenvalue weighted by molar-refractivity contribution is 0.236. The van der Waals surface area contributed by atoms with Crippen molar-refractivity contribution in [2.45, 2.75) is 20.8 Å². The molecule has 4 amide bonds. The number of hydrogen-bond donors (Lipinski definition) is 3. The second-order valence-electron chi connectivity index (χ2n) is 2.59. The fourth-order valence-corrected chi connectivity index (χ4v) is 0.121. The summed E-state index contributed by atoms with van der Waals surface area (Å²) in [4.78, 5) is 19.2. The highest BCUT2D eigenvalue weighted by Crippen LogP contribution is 1.81. The number of rotatable bonds is 0.